The van der Waals surface area contributed by atoms with Crippen LogP contribution in [0.15, 0.2) is 30.3 Å². The molecule has 1 aliphatic heterocycles. The fourth-order valence-electron chi connectivity index (χ4n) is 3.60. The van der Waals surface area contributed by atoms with Crippen LogP contribution in [0.25, 0.3) is 0 Å². The molecule has 0 atom stereocenters. The van der Waals surface area contributed by atoms with Gasteiger partial charge < -0.3 is 19.3 Å². The van der Waals surface area contributed by atoms with Crippen molar-refractivity contribution in [3.05, 3.63) is 52.0 Å². The number of nitrogens with zero attached hydrogens (tertiary/aromatic N) is 2. The molecule has 1 fully saturated rings. The quantitative estimate of drug-likeness (QED) is 0.707. The maximum absolute atomic E-state index is 13.1. The molecule has 0 aliphatic carbocycles. The average molecular weight is 417 g/mol. The summed E-state index contributed by atoms with van der Waals surface area (Å²) in [5, 5.41) is 0.385. The molecule has 0 unspecified atom stereocenters. The highest BCUT2D eigenvalue weighted by Crippen LogP contribution is 2.37. The summed E-state index contributed by atoms with van der Waals surface area (Å²) in [6.45, 7) is 11.0. The number of ether oxygens (including phenoxy) is 2. The number of hydrogen-bond acceptors (Lipinski definition) is 4. The second-order valence-corrected chi connectivity index (χ2v) is 8.06. The number of aryl methyl sites for hydroxylation is 1. The number of piperazine rings is 1. The number of anilines is 1. The molecule has 2 aromatic carbocycles. The molecule has 1 amide bonds. The first-order valence-corrected chi connectivity index (χ1v) is 10.3. The van der Waals surface area contributed by atoms with Gasteiger partial charge in [-0.3, -0.25) is 4.79 Å². The van der Waals surface area contributed by atoms with E-state index in [0.717, 1.165) is 13.1 Å². The Morgan fingerprint density at radius 1 is 1.10 bits per heavy atom. The summed E-state index contributed by atoms with van der Waals surface area (Å²) in [5.41, 5.74) is 4.34. The summed E-state index contributed by atoms with van der Waals surface area (Å²) >= 11 is 6.39. The Morgan fingerprint density at radius 2 is 1.79 bits per heavy atom. The molecule has 0 saturated carbocycles. The SMILES string of the molecule is COc1cc(C(=O)N2CCN(c3cccc(C)c3C)CC2)cc(Cl)c1OC(C)C. The van der Waals surface area contributed by atoms with E-state index in [1.165, 1.54) is 16.8 Å². The van der Waals surface area contributed by atoms with Crippen LogP contribution in [0.1, 0.15) is 35.3 Å². The van der Waals surface area contributed by atoms with Gasteiger partial charge in [0.05, 0.1) is 18.2 Å². The molecule has 0 bridgehead atoms. The zero-order valence-corrected chi connectivity index (χ0v) is 18.5. The van der Waals surface area contributed by atoms with Gasteiger partial charge in [-0.25, -0.2) is 0 Å². The average Bonchev–Trinajstić information content (AvgIpc) is 2.70. The molecule has 1 saturated heterocycles. The summed E-state index contributed by atoms with van der Waals surface area (Å²) in [5.74, 6) is 0.908. The summed E-state index contributed by atoms with van der Waals surface area (Å²) < 4.78 is 11.2. The van der Waals surface area contributed by atoms with Crippen molar-refractivity contribution in [2.24, 2.45) is 0 Å². The second-order valence-electron chi connectivity index (χ2n) is 7.65. The standard InChI is InChI=1S/C23H29ClN2O3/c1-15(2)29-22-19(24)13-18(14-21(22)28-5)23(27)26-11-9-25(10-12-26)20-8-6-7-16(3)17(20)4/h6-8,13-15H,9-12H2,1-5H3. The molecule has 5 nitrogen and oxygen atoms in total. The van der Waals surface area contributed by atoms with Gasteiger partial charge in [-0.05, 0) is 57.0 Å². The number of halogens is 1. The van der Waals surface area contributed by atoms with Crippen molar-refractivity contribution in [2.45, 2.75) is 33.8 Å². The Morgan fingerprint density at radius 3 is 2.41 bits per heavy atom. The Balaban J connectivity index is 1.74. The molecular formula is C23H29ClN2O3. The zero-order chi connectivity index (χ0) is 21.1. The molecule has 0 N–H and O–H groups in total. The highest BCUT2D eigenvalue weighted by Gasteiger charge is 2.25. The van der Waals surface area contributed by atoms with E-state index < -0.39 is 0 Å². The van der Waals surface area contributed by atoms with Crippen LogP contribution in [0.2, 0.25) is 5.02 Å². The van der Waals surface area contributed by atoms with Gasteiger partial charge in [-0.1, -0.05) is 23.7 Å². The van der Waals surface area contributed by atoms with E-state index in [1.54, 1.807) is 19.2 Å². The fourth-order valence-corrected chi connectivity index (χ4v) is 3.86. The van der Waals surface area contributed by atoms with Crippen molar-refractivity contribution in [1.29, 1.82) is 0 Å². The Kier molecular flexibility index (Phi) is 6.58. The van der Waals surface area contributed by atoms with Gasteiger partial charge >= 0.3 is 0 Å². The van der Waals surface area contributed by atoms with Crippen LogP contribution in [-0.4, -0.2) is 50.2 Å². The smallest absolute Gasteiger partial charge is 0.254 e. The first-order chi connectivity index (χ1) is 13.8. The molecule has 0 radical (unpaired) electrons. The van der Waals surface area contributed by atoms with Crippen molar-refractivity contribution >= 4 is 23.2 Å². The minimum Gasteiger partial charge on any atom is -0.493 e. The molecule has 1 heterocycles. The number of amides is 1. The van der Waals surface area contributed by atoms with E-state index in [2.05, 4.69) is 36.9 Å². The van der Waals surface area contributed by atoms with Gasteiger partial charge in [0, 0.05) is 37.4 Å². The Hall–Kier alpha value is -2.40. The first kappa shape index (κ1) is 21.3. The monoisotopic (exact) mass is 416 g/mol. The van der Waals surface area contributed by atoms with Crippen molar-refractivity contribution in [1.82, 2.24) is 4.90 Å². The van der Waals surface area contributed by atoms with Gasteiger partial charge in [0.15, 0.2) is 11.5 Å². The third kappa shape index (κ3) is 4.61. The number of benzene rings is 2. The lowest BCUT2D eigenvalue weighted by Gasteiger charge is -2.37. The number of hydrogen-bond donors (Lipinski definition) is 0. The minimum atomic E-state index is -0.0406. The number of carbonyl (C=O) groups excluding carboxylic acids is 1. The normalized spacial score (nSPS) is 14.3. The molecule has 1 aliphatic rings. The topological polar surface area (TPSA) is 42.0 Å². The Bertz CT molecular complexity index is 890. The highest BCUT2D eigenvalue weighted by atomic mass is 35.5. The van der Waals surface area contributed by atoms with Crippen LogP contribution >= 0.6 is 11.6 Å². The lowest BCUT2D eigenvalue weighted by molar-refractivity contribution is 0.0746. The van der Waals surface area contributed by atoms with Gasteiger partial charge in [-0.15, -0.1) is 0 Å². The molecule has 0 aromatic heterocycles. The minimum absolute atomic E-state index is 0.0399. The van der Waals surface area contributed by atoms with Crippen molar-refractivity contribution in [3.8, 4) is 11.5 Å². The van der Waals surface area contributed by atoms with Crippen LogP contribution in [0.3, 0.4) is 0 Å². The maximum atomic E-state index is 13.1. The van der Waals surface area contributed by atoms with Crippen LogP contribution in [0.5, 0.6) is 11.5 Å². The van der Waals surface area contributed by atoms with Crippen molar-refractivity contribution in [2.75, 3.05) is 38.2 Å². The van der Waals surface area contributed by atoms with Gasteiger partial charge in [0.25, 0.3) is 5.91 Å². The van der Waals surface area contributed by atoms with Crippen LogP contribution in [-0.2, 0) is 0 Å². The van der Waals surface area contributed by atoms with E-state index >= 15 is 0 Å². The van der Waals surface area contributed by atoms with E-state index in [9.17, 15) is 4.79 Å². The summed E-state index contributed by atoms with van der Waals surface area (Å²) in [4.78, 5) is 17.3. The van der Waals surface area contributed by atoms with Crippen molar-refractivity contribution < 1.29 is 14.3 Å². The Labute approximate surface area is 178 Å². The van der Waals surface area contributed by atoms with E-state index in [0.29, 0.717) is 35.2 Å². The molecule has 0 spiro atoms. The van der Waals surface area contributed by atoms with Crippen LogP contribution in [0.4, 0.5) is 5.69 Å². The fraction of sp³-hybridized carbons (Fsp3) is 0.435. The van der Waals surface area contributed by atoms with Crippen LogP contribution in [0, 0.1) is 13.8 Å². The lowest BCUT2D eigenvalue weighted by atomic mass is 10.1. The maximum Gasteiger partial charge on any atom is 0.254 e. The summed E-state index contributed by atoms with van der Waals surface area (Å²) in [7, 11) is 1.55. The summed E-state index contributed by atoms with van der Waals surface area (Å²) in [6.07, 6.45) is -0.0406. The van der Waals surface area contributed by atoms with E-state index in [4.69, 9.17) is 21.1 Å². The predicted molar refractivity (Wildman–Crippen MR) is 118 cm³/mol. The van der Waals surface area contributed by atoms with Crippen molar-refractivity contribution in [3.63, 3.8) is 0 Å². The van der Waals surface area contributed by atoms with Gasteiger partial charge in [-0.2, -0.15) is 0 Å². The number of carbonyl (C=O) groups is 1. The lowest BCUT2D eigenvalue weighted by Crippen LogP contribution is -2.49. The predicted octanol–water partition coefficient (Wildman–Crippen LogP) is 4.72. The zero-order valence-electron chi connectivity index (χ0n) is 17.8. The second kappa shape index (κ2) is 8.95. The molecular weight excluding hydrogens is 388 g/mol. The number of rotatable bonds is 5. The molecule has 29 heavy (non-hydrogen) atoms. The molecule has 6 heteroatoms. The number of methoxy groups -OCH3 is 1. The summed E-state index contributed by atoms with van der Waals surface area (Å²) in [6, 6.07) is 9.74. The highest BCUT2D eigenvalue weighted by molar-refractivity contribution is 6.32. The molecule has 156 valence electrons. The van der Waals surface area contributed by atoms with E-state index in [1.807, 2.05) is 18.7 Å². The van der Waals surface area contributed by atoms with E-state index in [-0.39, 0.29) is 12.0 Å². The third-order valence-electron chi connectivity index (χ3n) is 5.31. The van der Waals surface area contributed by atoms with Crippen LogP contribution < -0.4 is 14.4 Å². The first-order valence-electron chi connectivity index (χ1n) is 9.96. The molecule has 2 aromatic rings. The molecule has 3 rings (SSSR count). The largest absolute Gasteiger partial charge is 0.493 e. The third-order valence-corrected chi connectivity index (χ3v) is 5.59. The van der Waals surface area contributed by atoms with Gasteiger partial charge in [0.2, 0.25) is 0 Å². The van der Waals surface area contributed by atoms with Gasteiger partial charge in [0.1, 0.15) is 0 Å².